The molecular formula is C19H18F3N3O4S. The van der Waals surface area contributed by atoms with Crippen molar-refractivity contribution in [3.05, 3.63) is 65.2 Å². The van der Waals surface area contributed by atoms with Crippen LogP contribution in [-0.4, -0.2) is 37.6 Å². The quantitative estimate of drug-likeness (QED) is 0.713. The van der Waals surface area contributed by atoms with Crippen molar-refractivity contribution in [2.24, 2.45) is 0 Å². The van der Waals surface area contributed by atoms with Gasteiger partial charge in [-0.25, -0.2) is 8.42 Å². The zero-order chi connectivity index (χ0) is 21.9. The van der Waals surface area contributed by atoms with Gasteiger partial charge >= 0.3 is 6.18 Å². The fraction of sp³-hybridized carbons (Fsp3) is 0.263. The summed E-state index contributed by atoms with van der Waals surface area (Å²) < 4.78 is 65.3. The van der Waals surface area contributed by atoms with Gasteiger partial charge in [0.05, 0.1) is 16.0 Å². The number of hydrogen-bond acceptors (Lipinski definition) is 4. The van der Waals surface area contributed by atoms with Crippen LogP contribution in [0.3, 0.4) is 0 Å². The largest absolute Gasteiger partial charge is 0.417 e. The number of carbonyl (C=O) groups is 2. The molecule has 0 radical (unpaired) electrons. The highest BCUT2D eigenvalue weighted by molar-refractivity contribution is 7.89. The molecule has 0 bridgehead atoms. The summed E-state index contributed by atoms with van der Waals surface area (Å²) in [6.45, 7) is 0.881. The Morgan fingerprint density at radius 3 is 2.03 bits per heavy atom. The maximum Gasteiger partial charge on any atom is 0.417 e. The zero-order valence-electron chi connectivity index (χ0n) is 15.6. The van der Waals surface area contributed by atoms with Crippen LogP contribution in [-0.2, 0) is 16.2 Å². The molecule has 11 heteroatoms. The van der Waals surface area contributed by atoms with E-state index in [0.29, 0.717) is 13.1 Å². The lowest BCUT2D eigenvalue weighted by Crippen LogP contribution is -2.42. The van der Waals surface area contributed by atoms with E-state index in [9.17, 15) is 31.2 Å². The minimum absolute atomic E-state index is 0.0276. The van der Waals surface area contributed by atoms with Crippen molar-refractivity contribution in [3.63, 3.8) is 0 Å². The standard InChI is InChI=1S/C19H18F3N3O4S/c20-19(21,22)16-6-2-1-5-15(16)18(27)24-23-17(26)13-7-9-14(10-8-13)30(28,29)25-11-3-4-12-25/h1-2,5-10H,3-4,11-12H2,(H,23,26)(H,24,27). The van der Waals surface area contributed by atoms with Crippen molar-refractivity contribution in [2.45, 2.75) is 23.9 Å². The van der Waals surface area contributed by atoms with E-state index in [1.165, 1.54) is 34.6 Å². The van der Waals surface area contributed by atoms with E-state index < -0.39 is 39.1 Å². The number of benzene rings is 2. The number of sulfonamides is 1. The smallest absolute Gasteiger partial charge is 0.267 e. The third kappa shape index (κ3) is 4.62. The predicted molar refractivity (Wildman–Crippen MR) is 101 cm³/mol. The topological polar surface area (TPSA) is 95.6 Å². The monoisotopic (exact) mass is 441 g/mol. The van der Waals surface area contributed by atoms with E-state index in [-0.39, 0.29) is 10.5 Å². The Hall–Kier alpha value is -2.92. The Morgan fingerprint density at radius 2 is 1.43 bits per heavy atom. The van der Waals surface area contributed by atoms with Gasteiger partial charge in [-0.15, -0.1) is 0 Å². The zero-order valence-corrected chi connectivity index (χ0v) is 16.4. The number of nitrogens with one attached hydrogen (secondary N) is 2. The minimum atomic E-state index is -4.73. The average Bonchev–Trinajstić information content (AvgIpc) is 3.27. The van der Waals surface area contributed by atoms with Crippen LogP contribution < -0.4 is 10.9 Å². The molecule has 1 saturated heterocycles. The first-order valence-corrected chi connectivity index (χ1v) is 10.4. The Labute approximate surface area is 170 Å². The normalized spacial score (nSPS) is 15.0. The molecule has 0 unspecified atom stereocenters. The van der Waals surface area contributed by atoms with E-state index in [1.54, 1.807) is 0 Å². The van der Waals surface area contributed by atoms with Gasteiger partial charge in [0, 0.05) is 18.7 Å². The van der Waals surface area contributed by atoms with E-state index >= 15 is 0 Å². The Kier molecular flexibility index (Phi) is 6.13. The third-order valence-corrected chi connectivity index (χ3v) is 6.50. The summed E-state index contributed by atoms with van der Waals surface area (Å²) in [6.07, 6.45) is -3.15. The fourth-order valence-electron chi connectivity index (χ4n) is 3.04. The van der Waals surface area contributed by atoms with Crippen LogP contribution in [0.5, 0.6) is 0 Å². The average molecular weight is 441 g/mol. The maximum absolute atomic E-state index is 13.0. The number of alkyl halides is 3. The van der Waals surface area contributed by atoms with Gasteiger partial charge in [0.2, 0.25) is 10.0 Å². The molecular weight excluding hydrogens is 423 g/mol. The van der Waals surface area contributed by atoms with Gasteiger partial charge in [0.25, 0.3) is 11.8 Å². The molecule has 3 rings (SSSR count). The molecule has 2 amide bonds. The molecule has 0 saturated carbocycles. The molecule has 2 aromatic rings. The van der Waals surface area contributed by atoms with Crippen LogP contribution in [0.4, 0.5) is 13.2 Å². The minimum Gasteiger partial charge on any atom is -0.267 e. The Bertz CT molecular complexity index is 1050. The fourth-order valence-corrected chi connectivity index (χ4v) is 4.55. The second-order valence-corrected chi connectivity index (χ2v) is 8.53. The summed E-state index contributed by atoms with van der Waals surface area (Å²) in [4.78, 5) is 24.3. The maximum atomic E-state index is 13.0. The number of carbonyl (C=O) groups excluding carboxylic acids is 2. The highest BCUT2D eigenvalue weighted by Gasteiger charge is 2.35. The van der Waals surface area contributed by atoms with Crippen molar-refractivity contribution < 1.29 is 31.2 Å². The van der Waals surface area contributed by atoms with Crippen molar-refractivity contribution >= 4 is 21.8 Å². The highest BCUT2D eigenvalue weighted by Crippen LogP contribution is 2.31. The molecule has 2 N–H and O–H groups in total. The molecule has 30 heavy (non-hydrogen) atoms. The number of hydrogen-bond donors (Lipinski definition) is 2. The lowest BCUT2D eigenvalue weighted by atomic mass is 10.1. The van der Waals surface area contributed by atoms with Gasteiger partial charge in [-0.2, -0.15) is 17.5 Å². The molecule has 1 aliphatic heterocycles. The van der Waals surface area contributed by atoms with E-state index in [1.807, 2.05) is 10.9 Å². The van der Waals surface area contributed by atoms with Gasteiger partial charge in [0.15, 0.2) is 0 Å². The molecule has 0 atom stereocenters. The van der Waals surface area contributed by atoms with Gasteiger partial charge in [-0.3, -0.25) is 20.4 Å². The van der Waals surface area contributed by atoms with E-state index in [2.05, 4.69) is 0 Å². The van der Waals surface area contributed by atoms with Gasteiger partial charge in [0.1, 0.15) is 0 Å². The number of nitrogens with zero attached hydrogens (tertiary/aromatic N) is 1. The van der Waals surface area contributed by atoms with Crippen LogP contribution in [0, 0.1) is 0 Å². The number of amides is 2. The third-order valence-electron chi connectivity index (χ3n) is 4.59. The van der Waals surface area contributed by atoms with Crippen LogP contribution in [0.25, 0.3) is 0 Å². The van der Waals surface area contributed by atoms with Crippen LogP contribution in [0.15, 0.2) is 53.4 Å². The van der Waals surface area contributed by atoms with Crippen LogP contribution >= 0.6 is 0 Å². The summed E-state index contributed by atoms with van der Waals surface area (Å²) in [5, 5.41) is 0. The molecule has 2 aromatic carbocycles. The number of halogens is 3. The lowest BCUT2D eigenvalue weighted by Gasteiger charge is -2.15. The first-order chi connectivity index (χ1) is 14.1. The van der Waals surface area contributed by atoms with E-state index in [4.69, 9.17) is 0 Å². The Morgan fingerprint density at radius 1 is 0.867 bits per heavy atom. The molecule has 0 spiro atoms. The first-order valence-electron chi connectivity index (χ1n) is 8.98. The highest BCUT2D eigenvalue weighted by atomic mass is 32.2. The predicted octanol–water partition coefficient (Wildman–Crippen LogP) is 2.56. The summed E-state index contributed by atoms with van der Waals surface area (Å²) in [5.74, 6) is -1.94. The molecule has 1 aliphatic rings. The summed E-state index contributed by atoms with van der Waals surface area (Å²) in [6, 6.07) is 9.22. The second-order valence-electron chi connectivity index (χ2n) is 6.59. The van der Waals surface area contributed by atoms with Gasteiger partial charge in [-0.05, 0) is 49.2 Å². The van der Waals surface area contributed by atoms with Crippen molar-refractivity contribution in [1.29, 1.82) is 0 Å². The molecule has 0 aliphatic carbocycles. The molecule has 160 valence electrons. The molecule has 0 aromatic heterocycles. The Balaban J connectivity index is 1.67. The number of rotatable bonds is 4. The molecule has 1 fully saturated rings. The molecule has 7 nitrogen and oxygen atoms in total. The lowest BCUT2D eigenvalue weighted by molar-refractivity contribution is -0.137. The number of hydrazine groups is 1. The van der Waals surface area contributed by atoms with Crippen molar-refractivity contribution in [2.75, 3.05) is 13.1 Å². The van der Waals surface area contributed by atoms with Gasteiger partial charge < -0.3 is 0 Å². The van der Waals surface area contributed by atoms with Crippen LogP contribution in [0.2, 0.25) is 0 Å². The van der Waals surface area contributed by atoms with E-state index in [0.717, 1.165) is 31.0 Å². The van der Waals surface area contributed by atoms with Crippen molar-refractivity contribution in [1.82, 2.24) is 15.2 Å². The summed E-state index contributed by atoms with van der Waals surface area (Å²) in [5.41, 5.74) is 2.21. The first kappa shape index (κ1) is 21.8. The summed E-state index contributed by atoms with van der Waals surface area (Å²) in [7, 11) is -3.64. The van der Waals surface area contributed by atoms with Crippen LogP contribution in [0.1, 0.15) is 39.1 Å². The molecule has 1 heterocycles. The summed E-state index contributed by atoms with van der Waals surface area (Å²) >= 11 is 0. The van der Waals surface area contributed by atoms with Crippen molar-refractivity contribution in [3.8, 4) is 0 Å². The SMILES string of the molecule is O=C(NNC(=O)c1ccccc1C(F)(F)F)c1ccc(S(=O)(=O)N2CCCC2)cc1. The van der Waals surface area contributed by atoms with Gasteiger partial charge in [-0.1, -0.05) is 12.1 Å². The second kappa shape index (κ2) is 8.44.